The van der Waals surface area contributed by atoms with Gasteiger partial charge in [-0.3, -0.25) is 9.78 Å². The van der Waals surface area contributed by atoms with Crippen molar-refractivity contribution in [3.05, 3.63) is 59.9 Å². The predicted octanol–water partition coefficient (Wildman–Crippen LogP) is 2.48. The molecular formula is C16H19N3O. The molecule has 1 atom stereocenters. The molecule has 4 nitrogen and oxygen atoms in total. The minimum Gasteiger partial charge on any atom is -0.382 e. The van der Waals surface area contributed by atoms with Crippen LogP contribution in [0.3, 0.4) is 0 Å². The van der Waals surface area contributed by atoms with Crippen LogP contribution in [0.5, 0.6) is 0 Å². The van der Waals surface area contributed by atoms with Gasteiger partial charge in [0.25, 0.3) is 5.91 Å². The molecule has 1 aromatic heterocycles. The predicted molar refractivity (Wildman–Crippen MR) is 80.9 cm³/mol. The zero-order valence-electron chi connectivity index (χ0n) is 11.8. The van der Waals surface area contributed by atoms with Gasteiger partial charge >= 0.3 is 0 Å². The minimum atomic E-state index is -0.177. The maximum absolute atomic E-state index is 11.5. The molecule has 0 radical (unpaired) electrons. The number of carbonyl (C=O) groups excluding carboxylic acids is 1. The number of anilines is 1. The van der Waals surface area contributed by atoms with Crippen molar-refractivity contribution in [1.82, 2.24) is 10.3 Å². The first-order valence-corrected chi connectivity index (χ1v) is 6.67. The fourth-order valence-electron chi connectivity index (χ4n) is 2.08. The van der Waals surface area contributed by atoms with Gasteiger partial charge in [-0.1, -0.05) is 30.3 Å². The molecular weight excluding hydrogens is 250 g/mol. The monoisotopic (exact) mass is 269 g/mol. The summed E-state index contributed by atoms with van der Waals surface area (Å²) in [5.74, 6) is -0.177. The Morgan fingerprint density at radius 3 is 2.70 bits per heavy atom. The first-order valence-electron chi connectivity index (χ1n) is 6.67. The van der Waals surface area contributed by atoms with Gasteiger partial charge in [-0.05, 0) is 31.0 Å². The second-order valence-corrected chi connectivity index (χ2v) is 4.74. The fourth-order valence-corrected chi connectivity index (χ4v) is 2.08. The summed E-state index contributed by atoms with van der Waals surface area (Å²) < 4.78 is 0. The quantitative estimate of drug-likeness (QED) is 0.876. The van der Waals surface area contributed by atoms with E-state index in [1.807, 2.05) is 24.3 Å². The average Bonchev–Trinajstić information content (AvgIpc) is 2.47. The lowest BCUT2D eigenvalue weighted by Crippen LogP contribution is -2.21. The molecule has 0 aliphatic rings. The minimum absolute atomic E-state index is 0.177. The summed E-state index contributed by atoms with van der Waals surface area (Å²) in [4.78, 5) is 15.6. The summed E-state index contributed by atoms with van der Waals surface area (Å²) in [6.07, 6.45) is 2.57. The molecule has 1 amide bonds. The molecule has 2 rings (SSSR count). The molecule has 0 fully saturated rings. The van der Waals surface area contributed by atoms with Crippen LogP contribution in [0, 0.1) is 0 Å². The maximum Gasteiger partial charge on any atom is 0.269 e. The third-order valence-corrected chi connectivity index (χ3v) is 3.02. The molecule has 0 bridgehead atoms. The van der Waals surface area contributed by atoms with Crippen molar-refractivity contribution in [2.24, 2.45) is 0 Å². The molecule has 0 saturated carbocycles. The highest BCUT2D eigenvalue weighted by atomic mass is 16.1. The lowest BCUT2D eigenvalue weighted by atomic mass is 10.1. The van der Waals surface area contributed by atoms with Gasteiger partial charge in [-0.25, -0.2) is 0 Å². The van der Waals surface area contributed by atoms with Crippen molar-refractivity contribution in [3.63, 3.8) is 0 Å². The standard InChI is InChI=1S/C16H19N3O/c1-12(10-13-6-4-3-5-7-13)19-14-8-9-18-15(11-14)16(20)17-2/h3-9,11-12H,10H2,1-2H3,(H,17,20)(H,18,19). The lowest BCUT2D eigenvalue weighted by molar-refractivity contribution is 0.0958. The van der Waals surface area contributed by atoms with Gasteiger partial charge in [0.2, 0.25) is 0 Å². The van der Waals surface area contributed by atoms with Crippen molar-refractivity contribution in [1.29, 1.82) is 0 Å². The van der Waals surface area contributed by atoms with Gasteiger partial charge < -0.3 is 10.6 Å². The lowest BCUT2D eigenvalue weighted by Gasteiger charge is -2.15. The number of pyridine rings is 1. The van der Waals surface area contributed by atoms with E-state index in [-0.39, 0.29) is 11.9 Å². The molecule has 0 aliphatic heterocycles. The average molecular weight is 269 g/mol. The van der Waals surface area contributed by atoms with Crippen LogP contribution >= 0.6 is 0 Å². The Hall–Kier alpha value is -2.36. The molecule has 1 aromatic carbocycles. The maximum atomic E-state index is 11.5. The van der Waals surface area contributed by atoms with E-state index in [4.69, 9.17) is 0 Å². The van der Waals surface area contributed by atoms with E-state index in [9.17, 15) is 4.79 Å². The molecule has 20 heavy (non-hydrogen) atoms. The molecule has 2 N–H and O–H groups in total. The smallest absolute Gasteiger partial charge is 0.269 e. The normalized spacial score (nSPS) is 11.7. The van der Waals surface area contributed by atoms with Gasteiger partial charge in [0.15, 0.2) is 0 Å². The van der Waals surface area contributed by atoms with Crippen molar-refractivity contribution in [2.45, 2.75) is 19.4 Å². The van der Waals surface area contributed by atoms with Crippen LogP contribution in [0.2, 0.25) is 0 Å². The first-order chi connectivity index (χ1) is 9.69. The molecule has 0 spiro atoms. The first kappa shape index (κ1) is 14.1. The summed E-state index contributed by atoms with van der Waals surface area (Å²) in [5, 5.41) is 5.96. The number of carbonyl (C=O) groups is 1. The highest BCUT2D eigenvalue weighted by Crippen LogP contribution is 2.12. The van der Waals surface area contributed by atoms with Crippen molar-refractivity contribution in [2.75, 3.05) is 12.4 Å². The summed E-state index contributed by atoms with van der Waals surface area (Å²) in [7, 11) is 1.60. The number of hydrogen-bond donors (Lipinski definition) is 2. The largest absolute Gasteiger partial charge is 0.382 e. The topological polar surface area (TPSA) is 54.0 Å². The van der Waals surface area contributed by atoms with Crippen LogP contribution in [0.4, 0.5) is 5.69 Å². The van der Waals surface area contributed by atoms with Crippen LogP contribution in [0.1, 0.15) is 23.0 Å². The molecule has 104 valence electrons. The van der Waals surface area contributed by atoms with Gasteiger partial charge in [-0.2, -0.15) is 0 Å². The Kier molecular flexibility index (Phi) is 4.71. The van der Waals surface area contributed by atoms with Crippen molar-refractivity contribution < 1.29 is 4.79 Å². The summed E-state index contributed by atoms with van der Waals surface area (Å²) in [6, 6.07) is 14.2. The number of amides is 1. The number of nitrogens with zero attached hydrogens (tertiary/aromatic N) is 1. The van der Waals surface area contributed by atoms with E-state index in [0.717, 1.165) is 12.1 Å². The van der Waals surface area contributed by atoms with E-state index >= 15 is 0 Å². The highest BCUT2D eigenvalue weighted by Gasteiger charge is 2.07. The Balaban J connectivity index is 2.01. The Morgan fingerprint density at radius 2 is 2.00 bits per heavy atom. The number of hydrogen-bond acceptors (Lipinski definition) is 3. The SMILES string of the molecule is CNC(=O)c1cc(NC(C)Cc2ccccc2)ccn1. The molecule has 1 heterocycles. The zero-order chi connectivity index (χ0) is 14.4. The number of nitrogens with one attached hydrogen (secondary N) is 2. The Bertz CT molecular complexity index is 569. The van der Waals surface area contributed by atoms with Crippen LogP contribution < -0.4 is 10.6 Å². The third-order valence-electron chi connectivity index (χ3n) is 3.02. The molecule has 0 aliphatic carbocycles. The molecule has 1 unspecified atom stereocenters. The van der Waals surface area contributed by atoms with E-state index in [0.29, 0.717) is 5.69 Å². The zero-order valence-corrected chi connectivity index (χ0v) is 11.8. The number of rotatable bonds is 5. The summed E-state index contributed by atoms with van der Waals surface area (Å²) >= 11 is 0. The van der Waals surface area contributed by atoms with Crippen LogP contribution in [0.15, 0.2) is 48.7 Å². The van der Waals surface area contributed by atoms with Crippen LogP contribution in [-0.4, -0.2) is 24.0 Å². The summed E-state index contributed by atoms with van der Waals surface area (Å²) in [6.45, 7) is 2.12. The van der Waals surface area contributed by atoms with Gasteiger partial charge in [0.1, 0.15) is 5.69 Å². The van der Waals surface area contributed by atoms with Crippen LogP contribution in [-0.2, 0) is 6.42 Å². The number of aromatic nitrogens is 1. The second-order valence-electron chi connectivity index (χ2n) is 4.74. The molecule has 2 aromatic rings. The molecule has 0 saturated heterocycles. The summed E-state index contributed by atoms with van der Waals surface area (Å²) in [5.41, 5.74) is 2.61. The van der Waals surface area contributed by atoms with Gasteiger partial charge in [-0.15, -0.1) is 0 Å². The van der Waals surface area contributed by atoms with Gasteiger partial charge in [0.05, 0.1) is 0 Å². The van der Waals surface area contributed by atoms with E-state index in [2.05, 4.69) is 34.7 Å². The second kappa shape index (κ2) is 6.70. The van der Waals surface area contributed by atoms with Crippen molar-refractivity contribution in [3.8, 4) is 0 Å². The Morgan fingerprint density at radius 1 is 1.25 bits per heavy atom. The Labute approximate surface area is 119 Å². The fraction of sp³-hybridized carbons (Fsp3) is 0.250. The molecule has 4 heteroatoms. The highest BCUT2D eigenvalue weighted by molar-refractivity contribution is 5.92. The van der Waals surface area contributed by atoms with E-state index in [1.54, 1.807) is 19.3 Å². The number of benzene rings is 1. The van der Waals surface area contributed by atoms with E-state index < -0.39 is 0 Å². The third kappa shape index (κ3) is 3.82. The van der Waals surface area contributed by atoms with Crippen molar-refractivity contribution >= 4 is 11.6 Å². The van der Waals surface area contributed by atoms with Crippen LogP contribution in [0.25, 0.3) is 0 Å². The van der Waals surface area contributed by atoms with E-state index in [1.165, 1.54) is 5.56 Å². The van der Waals surface area contributed by atoms with Gasteiger partial charge in [0, 0.05) is 25.0 Å².